The Labute approximate surface area is 141 Å². The number of H-pyrrole nitrogens is 1. The Hall–Kier alpha value is -2.05. The Morgan fingerprint density at radius 1 is 1.13 bits per heavy atom. The van der Waals surface area contributed by atoms with Gasteiger partial charge in [0.05, 0.1) is 0 Å². The van der Waals surface area contributed by atoms with E-state index in [0.717, 1.165) is 0 Å². The molecule has 0 aliphatic rings. The van der Waals surface area contributed by atoms with Crippen molar-refractivity contribution < 1.29 is 8.78 Å². The third kappa shape index (κ3) is 2.92. The zero-order valence-corrected chi connectivity index (χ0v) is 13.6. The molecule has 0 atom stereocenters. The molecule has 0 saturated heterocycles. The fraction of sp³-hybridized carbons (Fsp3) is 0.125. The summed E-state index contributed by atoms with van der Waals surface area (Å²) in [7, 11) is 0. The van der Waals surface area contributed by atoms with Crippen molar-refractivity contribution in [3.63, 3.8) is 0 Å². The predicted molar refractivity (Wildman–Crippen MR) is 87.9 cm³/mol. The summed E-state index contributed by atoms with van der Waals surface area (Å²) < 4.78 is 31.3. The van der Waals surface area contributed by atoms with Gasteiger partial charge in [0.2, 0.25) is 0 Å². The molecule has 0 radical (unpaired) electrons. The molecule has 7 heteroatoms. The summed E-state index contributed by atoms with van der Waals surface area (Å²) in [5.41, 5.74) is 1.09. The van der Waals surface area contributed by atoms with Gasteiger partial charge in [0.1, 0.15) is 6.33 Å². The topological polar surface area (TPSA) is 33.6 Å². The molecule has 23 heavy (non-hydrogen) atoms. The summed E-state index contributed by atoms with van der Waals surface area (Å²) >= 11 is 11.0. The second-order valence-corrected chi connectivity index (χ2v) is 5.91. The maximum atomic E-state index is 14.7. The molecule has 3 rings (SSSR count). The first kappa shape index (κ1) is 15.8. The van der Waals surface area contributed by atoms with Gasteiger partial charge in [-0.3, -0.25) is 9.67 Å². The molecule has 1 aromatic heterocycles. The molecule has 0 spiro atoms. The van der Waals surface area contributed by atoms with Crippen molar-refractivity contribution in [3.8, 4) is 5.69 Å². The average Bonchev–Trinajstić information content (AvgIpc) is 2.96. The molecule has 3 nitrogen and oxygen atoms in total. The van der Waals surface area contributed by atoms with E-state index in [2.05, 4.69) is 10.2 Å². The van der Waals surface area contributed by atoms with E-state index in [-0.39, 0.29) is 11.1 Å². The second kappa shape index (κ2) is 5.86. The third-order valence-electron chi connectivity index (χ3n) is 3.58. The van der Waals surface area contributed by atoms with Crippen LogP contribution in [0.15, 0.2) is 48.8 Å². The van der Waals surface area contributed by atoms with Crippen LogP contribution in [0.3, 0.4) is 0 Å². The first-order valence-corrected chi connectivity index (χ1v) is 7.55. The molecule has 0 amide bonds. The first-order valence-electron chi connectivity index (χ1n) is 6.77. The molecule has 0 bridgehead atoms. The number of aromatic nitrogens is 3. The standard InChI is InChI=1S/C16H12ClF2N3S/c1-10-8-12(4-7-14(10)17)16(18,19)11-2-5-13(6-3-11)22-9-20-21-15(22)23/h2-9H,1H3,(H,21,23). The zero-order chi connectivity index (χ0) is 16.6. The van der Waals surface area contributed by atoms with Gasteiger partial charge in [0.15, 0.2) is 4.77 Å². The van der Waals surface area contributed by atoms with Crippen LogP contribution >= 0.6 is 23.8 Å². The van der Waals surface area contributed by atoms with Crippen molar-refractivity contribution in [2.24, 2.45) is 0 Å². The Morgan fingerprint density at radius 2 is 1.78 bits per heavy atom. The summed E-state index contributed by atoms with van der Waals surface area (Å²) in [5.74, 6) is -3.11. The van der Waals surface area contributed by atoms with E-state index in [9.17, 15) is 8.78 Å². The summed E-state index contributed by atoms with van der Waals surface area (Å²) in [4.78, 5) is 0. The number of hydrogen-bond donors (Lipinski definition) is 1. The van der Waals surface area contributed by atoms with E-state index < -0.39 is 5.92 Å². The number of aryl methyl sites for hydroxylation is 1. The van der Waals surface area contributed by atoms with Gasteiger partial charge in [-0.1, -0.05) is 29.8 Å². The van der Waals surface area contributed by atoms with Crippen molar-refractivity contribution >= 4 is 23.8 Å². The van der Waals surface area contributed by atoms with E-state index in [0.29, 0.717) is 21.0 Å². The Bertz CT molecular complexity index is 900. The molecule has 3 aromatic rings. The number of benzene rings is 2. The number of nitrogens with zero attached hydrogens (tertiary/aromatic N) is 2. The largest absolute Gasteiger partial charge is 0.298 e. The summed E-state index contributed by atoms with van der Waals surface area (Å²) in [6.45, 7) is 1.70. The average molecular weight is 352 g/mol. The highest BCUT2D eigenvalue weighted by atomic mass is 35.5. The van der Waals surface area contributed by atoms with Gasteiger partial charge < -0.3 is 0 Å². The van der Waals surface area contributed by atoms with Gasteiger partial charge in [0.25, 0.3) is 5.92 Å². The van der Waals surface area contributed by atoms with Crippen LogP contribution in [0.2, 0.25) is 5.02 Å². The highest BCUT2D eigenvalue weighted by Crippen LogP contribution is 2.37. The molecule has 0 saturated carbocycles. The molecule has 0 fully saturated rings. The maximum Gasteiger partial charge on any atom is 0.298 e. The van der Waals surface area contributed by atoms with E-state index in [1.165, 1.54) is 36.7 Å². The molecule has 2 aromatic carbocycles. The van der Waals surface area contributed by atoms with Crippen LogP contribution in [-0.2, 0) is 5.92 Å². The summed E-state index contributed by atoms with van der Waals surface area (Å²) in [5, 5.41) is 6.89. The number of hydrogen-bond acceptors (Lipinski definition) is 2. The maximum absolute atomic E-state index is 14.7. The molecular weight excluding hydrogens is 340 g/mol. The number of aromatic amines is 1. The van der Waals surface area contributed by atoms with Crippen LogP contribution < -0.4 is 0 Å². The van der Waals surface area contributed by atoms with Crippen LogP contribution in [0.1, 0.15) is 16.7 Å². The molecule has 118 valence electrons. The van der Waals surface area contributed by atoms with Crippen molar-refractivity contribution in [1.29, 1.82) is 0 Å². The van der Waals surface area contributed by atoms with Crippen LogP contribution in [0.25, 0.3) is 5.69 Å². The molecule has 0 aliphatic carbocycles. The normalized spacial score (nSPS) is 11.7. The SMILES string of the molecule is Cc1cc(C(F)(F)c2ccc(-n3cn[nH]c3=S)cc2)ccc1Cl. The minimum Gasteiger partial charge on any atom is -0.275 e. The lowest BCUT2D eigenvalue weighted by Gasteiger charge is -2.18. The van der Waals surface area contributed by atoms with Gasteiger partial charge >= 0.3 is 0 Å². The van der Waals surface area contributed by atoms with Gasteiger partial charge in [-0.25, -0.2) is 0 Å². The highest BCUT2D eigenvalue weighted by molar-refractivity contribution is 7.71. The lowest BCUT2D eigenvalue weighted by Crippen LogP contribution is -2.15. The Kier molecular flexibility index (Phi) is 4.04. The number of alkyl halides is 2. The number of rotatable bonds is 3. The second-order valence-electron chi connectivity index (χ2n) is 5.12. The highest BCUT2D eigenvalue weighted by Gasteiger charge is 2.34. The Balaban J connectivity index is 1.98. The quantitative estimate of drug-likeness (QED) is 0.671. The summed E-state index contributed by atoms with van der Waals surface area (Å²) in [6.07, 6.45) is 1.50. The molecular formula is C16H12ClF2N3S. The van der Waals surface area contributed by atoms with Crippen LogP contribution in [0, 0.1) is 11.7 Å². The lowest BCUT2D eigenvalue weighted by molar-refractivity contribution is 0.0428. The molecule has 1 N–H and O–H groups in total. The minimum atomic E-state index is -3.11. The minimum absolute atomic E-state index is 0.0907. The fourth-order valence-electron chi connectivity index (χ4n) is 2.27. The Morgan fingerprint density at radius 3 is 2.35 bits per heavy atom. The van der Waals surface area contributed by atoms with Gasteiger partial charge in [0, 0.05) is 21.8 Å². The van der Waals surface area contributed by atoms with Gasteiger partial charge in [-0.15, -0.1) is 0 Å². The van der Waals surface area contributed by atoms with Crippen molar-refractivity contribution in [1.82, 2.24) is 14.8 Å². The van der Waals surface area contributed by atoms with E-state index >= 15 is 0 Å². The van der Waals surface area contributed by atoms with Crippen LogP contribution in [0.4, 0.5) is 8.78 Å². The van der Waals surface area contributed by atoms with Crippen molar-refractivity contribution in [2.45, 2.75) is 12.8 Å². The molecule has 0 unspecified atom stereocenters. The van der Waals surface area contributed by atoms with E-state index in [1.54, 1.807) is 23.6 Å². The van der Waals surface area contributed by atoms with Gasteiger partial charge in [-0.2, -0.15) is 13.9 Å². The number of nitrogens with one attached hydrogen (secondary N) is 1. The van der Waals surface area contributed by atoms with Gasteiger partial charge in [-0.05, 0) is 49.0 Å². The zero-order valence-electron chi connectivity index (χ0n) is 12.1. The molecule has 1 heterocycles. The van der Waals surface area contributed by atoms with E-state index in [4.69, 9.17) is 23.8 Å². The fourth-order valence-corrected chi connectivity index (χ4v) is 2.59. The van der Waals surface area contributed by atoms with E-state index in [1.807, 2.05) is 0 Å². The smallest absolute Gasteiger partial charge is 0.275 e. The first-order chi connectivity index (χ1) is 10.9. The van der Waals surface area contributed by atoms with Crippen LogP contribution in [-0.4, -0.2) is 14.8 Å². The lowest BCUT2D eigenvalue weighted by atomic mass is 9.98. The van der Waals surface area contributed by atoms with Crippen LogP contribution in [0.5, 0.6) is 0 Å². The predicted octanol–water partition coefficient (Wildman–Crippen LogP) is 5.03. The third-order valence-corrected chi connectivity index (χ3v) is 4.29. The van der Waals surface area contributed by atoms with Crippen molar-refractivity contribution in [2.75, 3.05) is 0 Å². The monoisotopic (exact) mass is 351 g/mol. The summed E-state index contributed by atoms with van der Waals surface area (Å²) in [6, 6.07) is 10.2. The van der Waals surface area contributed by atoms with Crippen molar-refractivity contribution in [3.05, 3.63) is 75.3 Å². The number of halogens is 3. The molecule has 0 aliphatic heterocycles.